The highest BCUT2D eigenvalue weighted by molar-refractivity contribution is 4.91. The molecule has 0 aromatic heterocycles. The van der Waals surface area contributed by atoms with Crippen molar-refractivity contribution in [2.75, 3.05) is 0 Å². The van der Waals surface area contributed by atoms with Crippen LogP contribution in [0, 0.1) is 47.3 Å². The SMILES string of the molecule is CC1CCC(C2CCC(C3CC[C@H](C4CCC(C)CC4)CC3F)CC2)CC1. The molecule has 27 heavy (non-hydrogen) atoms. The Morgan fingerprint density at radius 3 is 1.30 bits per heavy atom. The van der Waals surface area contributed by atoms with E-state index < -0.39 is 6.17 Å². The van der Waals surface area contributed by atoms with Crippen LogP contribution in [0.1, 0.15) is 110 Å². The highest BCUT2D eigenvalue weighted by Gasteiger charge is 2.40. The fourth-order valence-corrected chi connectivity index (χ4v) is 7.69. The zero-order valence-electron chi connectivity index (χ0n) is 18.2. The summed E-state index contributed by atoms with van der Waals surface area (Å²) < 4.78 is 15.2. The first-order valence-electron chi connectivity index (χ1n) is 12.7. The van der Waals surface area contributed by atoms with Gasteiger partial charge >= 0.3 is 0 Å². The van der Waals surface area contributed by atoms with Crippen LogP contribution in [0.2, 0.25) is 0 Å². The van der Waals surface area contributed by atoms with Gasteiger partial charge in [-0.05, 0) is 118 Å². The maximum atomic E-state index is 15.2. The topological polar surface area (TPSA) is 0 Å². The molecular weight excluding hydrogens is 331 g/mol. The van der Waals surface area contributed by atoms with E-state index in [4.69, 9.17) is 0 Å². The van der Waals surface area contributed by atoms with Crippen molar-refractivity contribution in [2.45, 2.75) is 116 Å². The summed E-state index contributed by atoms with van der Waals surface area (Å²) in [6.45, 7) is 4.83. The minimum atomic E-state index is -0.486. The minimum absolute atomic E-state index is 0.413. The lowest BCUT2D eigenvalue weighted by Crippen LogP contribution is -2.37. The standard InChI is InChI=1S/C26H45F/c1-18-3-7-20(8-4-18)21-11-13-23(14-12-21)25-16-15-24(17-26(25)27)22-9-5-19(2)6-10-22/h18-26H,3-17H2,1-2H3/t18?,19?,20?,21?,22?,23?,24-,25?,26?/m0/s1. The average Bonchev–Trinajstić information content (AvgIpc) is 2.69. The zero-order chi connectivity index (χ0) is 18.8. The van der Waals surface area contributed by atoms with Crippen LogP contribution in [0.5, 0.6) is 0 Å². The van der Waals surface area contributed by atoms with Gasteiger partial charge in [0.25, 0.3) is 0 Å². The quantitative estimate of drug-likeness (QED) is 0.465. The molecule has 4 fully saturated rings. The second kappa shape index (κ2) is 9.17. The van der Waals surface area contributed by atoms with Crippen LogP contribution in [-0.2, 0) is 0 Å². The second-order valence-electron chi connectivity index (χ2n) is 11.5. The van der Waals surface area contributed by atoms with E-state index in [2.05, 4.69) is 13.8 Å². The van der Waals surface area contributed by atoms with E-state index in [0.717, 1.165) is 36.0 Å². The number of hydrogen-bond donors (Lipinski definition) is 0. The third-order valence-electron chi connectivity index (χ3n) is 9.74. The van der Waals surface area contributed by atoms with Gasteiger partial charge < -0.3 is 0 Å². The maximum absolute atomic E-state index is 15.2. The molecule has 0 amide bonds. The van der Waals surface area contributed by atoms with Crippen LogP contribution in [0.15, 0.2) is 0 Å². The average molecular weight is 377 g/mol. The molecule has 156 valence electrons. The van der Waals surface area contributed by atoms with E-state index in [0.29, 0.717) is 17.8 Å². The molecular formula is C26H45F. The molecule has 0 radical (unpaired) electrons. The minimum Gasteiger partial charge on any atom is -0.247 e. The summed E-state index contributed by atoms with van der Waals surface area (Å²) in [6.07, 6.45) is 19.9. The molecule has 2 unspecified atom stereocenters. The molecule has 0 bridgehead atoms. The first-order valence-corrected chi connectivity index (χ1v) is 12.7. The predicted molar refractivity (Wildman–Crippen MR) is 113 cm³/mol. The van der Waals surface area contributed by atoms with Crippen molar-refractivity contribution in [3.05, 3.63) is 0 Å². The van der Waals surface area contributed by atoms with E-state index >= 15 is 4.39 Å². The van der Waals surface area contributed by atoms with Crippen LogP contribution >= 0.6 is 0 Å². The lowest BCUT2D eigenvalue weighted by molar-refractivity contribution is 0.0273. The molecule has 0 spiro atoms. The van der Waals surface area contributed by atoms with Crippen LogP contribution in [0.3, 0.4) is 0 Å². The summed E-state index contributed by atoms with van der Waals surface area (Å²) in [5.74, 6) is 6.56. The van der Waals surface area contributed by atoms with Crippen LogP contribution in [0.25, 0.3) is 0 Å². The van der Waals surface area contributed by atoms with E-state index in [1.54, 1.807) is 0 Å². The van der Waals surface area contributed by atoms with Gasteiger partial charge in [0.1, 0.15) is 6.17 Å². The van der Waals surface area contributed by atoms with Crippen LogP contribution in [0.4, 0.5) is 4.39 Å². The molecule has 0 aliphatic heterocycles. The van der Waals surface area contributed by atoms with E-state index in [9.17, 15) is 0 Å². The summed E-state index contributed by atoms with van der Waals surface area (Å²) in [4.78, 5) is 0. The van der Waals surface area contributed by atoms with Crippen molar-refractivity contribution in [2.24, 2.45) is 47.3 Å². The Hall–Kier alpha value is -0.0700. The van der Waals surface area contributed by atoms with Crippen molar-refractivity contribution in [1.29, 1.82) is 0 Å². The normalized spacial score (nSPS) is 49.7. The molecule has 4 rings (SSSR count). The third kappa shape index (κ3) is 4.92. The fourth-order valence-electron chi connectivity index (χ4n) is 7.69. The molecule has 0 saturated heterocycles. The maximum Gasteiger partial charge on any atom is 0.103 e. The first-order chi connectivity index (χ1) is 13.1. The van der Waals surface area contributed by atoms with Crippen molar-refractivity contribution in [1.82, 2.24) is 0 Å². The zero-order valence-corrected chi connectivity index (χ0v) is 18.2. The third-order valence-corrected chi connectivity index (χ3v) is 9.74. The lowest BCUT2D eigenvalue weighted by Gasteiger charge is -2.44. The Kier molecular flexibility index (Phi) is 6.86. The number of rotatable bonds is 3. The molecule has 0 heterocycles. The molecule has 0 aromatic rings. The Bertz CT molecular complexity index is 435. The van der Waals surface area contributed by atoms with E-state index in [-0.39, 0.29) is 0 Å². The fraction of sp³-hybridized carbons (Fsp3) is 1.00. The molecule has 4 aliphatic rings. The van der Waals surface area contributed by atoms with Crippen LogP contribution < -0.4 is 0 Å². The van der Waals surface area contributed by atoms with Gasteiger partial charge in [0.15, 0.2) is 0 Å². The molecule has 1 heteroatoms. The molecule has 0 N–H and O–H groups in total. The monoisotopic (exact) mass is 376 g/mol. The van der Waals surface area contributed by atoms with Gasteiger partial charge in [-0.3, -0.25) is 0 Å². The van der Waals surface area contributed by atoms with Gasteiger partial charge in [0, 0.05) is 0 Å². The second-order valence-corrected chi connectivity index (χ2v) is 11.5. The van der Waals surface area contributed by atoms with Crippen molar-refractivity contribution in [3.63, 3.8) is 0 Å². The van der Waals surface area contributed by atoms with Crippen molar-refractivity contribution < 1.29 is 4.39 Å². The first kappa shape index (κ1) is 20.2. The van der Waals surface area contributed by atoms with Gasteiger partial charge in [-0.1, -0.05) is 39.5 Å². The Morgan fingerprint density at radius 1 is 0.444 bits per heavy atom. The van der Waals surface area contributed by atoms with Gasteiger partial charge in [0.2, 0.25) is 0 Å². The predicted octanol–water partition coefficient (Wildman–Crippen LogP) is 8.20. The van der Waals surface area contributed by atoms with Crippen molar-refractivity contribution in [3.8, 4) is 0 Å². The van der Waals surface area contributed by atoms with E-state index in [1.807, 2.05) is 0 Å². The largest absolute Gasteiger partial charge is 0.247 e. The van der Waals surface area contributed by atoms with Gasteiger partial charge in [-0.2, -0.15) is 0 Å². The number of alkyl halides is 1. The molecule has 4 aliphatic carbocycles. The molecule has 4 saturated carbocycles. The highest BCUT2D eigenvalue weighted by atomic mass is 19.1. The molecule has 0 nitrogen and oxygen atoms in total. The number of hydrogen-bond acceptors (Lipinski definition) is 0. The van der Waals surface area contributed by atoms with Crippen molar-refractivity contribution >= 4 is 0 Å². The van der Waals surface area contributed by atoms with Gasteiger partial charge in [-0.15, -0.1) is 0 Å². The molecule has 0 aromatic carbocycles. The number of halogens is 1. The van der Waals surface area contributed by atoms with Crippen LogP contribution in [-0.4, -0.2) is 6.17 Å². The Morgan fingerprint density at radius 2 is 0.815 bits per heavy atom. The summed E-state index contributed by atoms with van der Waals surface area (Å²) in [6, 6.07) is 0. The smallest absolute Gasteiger partial charge is 0.103 e. The highest BCUT2D eigenvalue weighted by Crippen LogP contribution is 2.48. The molecule has 3 atom stereocenters. The Balaban J connectivity index is 1.22. The lowest BCUT2D eigenvalue weighted by atomic mass is 9.62. The summed E-state index contributed by atoms with van der Waals surface area (Å²) >= 11 is 0. The van der Waals surface area contributed by atoms with Gasteiger partial charge in [-0.25, -0.2) is 4.39 Å². The Labute approximate surface area is 168 Å². The summed E-state index contributed by atoms with van der Waals surface area (Å²) in [7, 11) is 0. The summed E-state index contributed by atoms with van der Waals surface area (Å²) in [5, 5.41) is 0. The summed E-state index contributed by atoms with van der Waals surface area (Å²) in [5.41, 5.74) is 0. The van der Waals surface area contributed by atoms with Gasteiger partial charge in [0.05, 0.1) is 0 Å². The van der Waals surface area contributed by atoms with E-state index in [1.165, 1.54) is 89.9 Å².